The van der Waals surface area contributed by atoms with E-state index >= 15 is 0 Å². The highest BCUT2D eigenvalue weighted by molar-refractivity contribution is 4.62. The van der Waals surface area contributed by atoms with Crippen LogP contribution in [0.15, 0.2) is 0 Å². The predicted molar refractivity (Wildman–Crippen MR) is 41.1 cm³/mol. The largest absolute Gasteiger partial charge is 0.328 e. The summed E-state index contributed by atoms with van der Waals surface area (Å²) in [4.78, 5) is 0. The Morgan fingerprint density at radius 2 is 1.78 bits per heavy atom. The lowest BCUT2D eigenvalue weighted by molar-refractivity contribution is 0.528. The highest BCUT2D eigenvalue weighted by Gasteiger charge is 1.99. The van der Waals surface area contributed by atoms with E-state index in [4.69, 9.17) is 11.5 Å². The van der Waals surface area contributed by atoms with Crippen molar-refractivity contribution >= 4 is 0 Å². The van der Waals surface area contributed by atoms with Crippen LogP contribution in [-0.2, 0) is 0 Å². The summed E-state index contributed by atoms with van der Waals surface area (Å²) in [7, 11) is 0. The molecule has 56 valence electrons. The molecule has 0 radical (unpaired) electrons. The highest BCUT2D eigenvalue weighted by atomic mass is 14.6. The maximum Gasteiger partial charge on any atom is 0.00367 e. The molecular formula is C7H18N2. The lowest BCUT2D eigenvalue weighted by Gasteiger charge is -2.09. The van der Waals surface area contributed by atoms with E-state index in [1.165, 1.54) is 0 Å². The minimum Gasteiger partial charge on any atom is -0.328 e. The zero-order valence-corrected chi connectivity index (χ0v) is 6.43. The number of hydrogen-bond acceptors (Lipinski definition) is 2. The van der Waals surface area contributed by atoms with Gasteiger partial charge in [0.1, 0.15) is 0 Å². The second-order valence-corrected chi connectivity index (χ2v) is 2.72. The van der Waals surface area contributed by atoms with Gasteiger partial charge in [0.05, 0.1) is 0 Å². The van der Waals surface area contributed by atoms with Crippen LogP contribution in [0, 0.1) is 0 Å². The fraction of sp³-hybridized carbons (Fsp3) is 1.00. The monoisotopic (exact) mass is 130 g/mol. The van der Waals surface area contributed by atoms with Crippen molar-refractivity contribution in [3.05, 3.63) is 0 Å². The summed E-state index contributed by atoms with van der Waals surface area (Å²) in [5.41, 5.74) is 11.2. The van der Waals surface area contributed by atoms with E-state index in [2.05, 4.69) is 6.92 Å². The lowest BCUT2D eigenvalue weighted by Crippen LogP contribution is -2.23. The van der Waals surface area contributed by atoms with Gasteiger partial charge in [0.25, 0.3) is 0 Å². The summed E-state index contributed by atoms with van der Waals surface area (Å²) in [6.45, 7) is 4.12. The number of rotatable bonds is 4. The summed E-state index contributed by atoms with van der Waals surface area (Å²) in [5, 5.41) is 0. The van der Waals surface area contributed by atoms with E-state index in [-0.39, 0.29) is 0 Å². The Morgan fingerprint density at radius 3 is 2.11 bits per heavy atom. The Morgan fingerprint density at radius 1 is 1.22 bits per heavy atom. The normalized spacial score (nSPS) is 17.3. The van der Waals surface area contributed by atoms with Crippen LogP contribution in [0.5, 0.6) is 0 Å². The van der Waals surface area contributed by atoms with E-state index in [0.29, 0.717) is 12.1 Å². The Kier molecular flexibility index (Phi) is 4.72. The van der Waals surface area contributed by atoms with Gasteiger partial charge >= 0.3 is 0 Å². The van der Waals surface area contributed by atoms with Gasteiger partial charge < -0.3 is 11.5 Å². The van der Waals surface area contributed by atoms with Gasteiger partial charge in [-0.05, 0) is 26.2 Å². The van der Waals surface area contributed by atoms with Crippen molar-refractivity contribution in [2.24, 2.45) is 11.5 Å². The zero-order valence-electron chi connectivity index (χ0n) is 6.43. The molecule has 0 aromatic carbocycles. The van der Waals surface area contributed by atoms with E-state index < -0.39 is 0 Å². The van der Waals surface area contributed by atoms with E-state index in [1.807, 2.05) is 6.92 Å². The lowest BCUT2D eigenvalue weighted by atomic mass is 10.1. The van der Waals surface area contributed by atoms with Crippen LogP contribution in [0.25, 0.3) is 0 Å². The molecule has 0 fully saturated rings. The van der Waals surface area contributed by atoms with Crippen molar-refractivity contribution in [3.8, 4) is 0 Å². The molecule has 0 aliphatic rings. The average Bonchev–Trinajstić information content (AvgIpc) is 1.83. The average molecular weight is 130 g/mol. The van der Waals surface area contributed by atoms with E-state index in [9.17, 15) is 0 Å². The van der Waals surface area contributed by atoms with Crippen LogP contribution >= 0.6 is 0 Å². The van der Waals surface area contributed by atoms with E-state index in [0.717, 1.165) is 19.3 Å². The molecule has 0 aliphatic heterocycles. The molecule has 2 heteroatoms. The smallest absolute Gasteiger partial charge is 0.00367 e. The molecule has 0 aromatic rings. The van der Waals surface area contributed by atoms with Gasteiger partial charge in [0, 0.05) is 12.1 Å². The van der Waals surface area contributed by atoms with Crippen LogP contribution in [0.4, 0.5) is 0 Å². The van der Waals surface area contributed by atoms with Gasteiger partial charge in [-0.2, -0.15) is 0 Å². The molecule has 0 aliphatic carbocycles. The van der Waals surface area contributed by atoms with Crippen LogP contribution in [0.3, 0.4) is 0 Å². The Labute approximate surface area is 57.6 Å². The van der Waals surface area contributed by atoms with Crippen molar-refractivity contribution in [1.82, 2.24) is 0 Å². The minimum absolute atomic E-state index is 0.308. The van der Waals surface area contributed by atoms with Crippen LogP contribution in [0.1, 0.15) is 33.1 Å². The molecule has 0 saturated heterocycles. The Bertz CT molecular complexity index is 61.9. The topological polar surface area (TPSA) is 52.0 Å². The molecule has 2 atom stereocenters. The van der Waals surface area contributed by atoms with Crippen molar-refractivity contribution in [2.45, 2.75) is 45.2 Å². The molecule has 0 heterocycles. The van der Waals surface area contributed by atoms with Gasteiger partial charge in [-0.25, -0.2) is 0 Å². The van der Waals surface area contributed by atoms with Gasteiger partial charge in [0.2, 0.25) is 0 Å². The van der Waals surface area contributed by atoms with Crippen LogP contribution < -0.4 is 11.5 Å². The fourth-order valence-electron chi connectivity index (χ4n) is 0.681. The van der Waals surface area contributed by atoms with E-state index in [1.54, 1.807) is 0 Å². The second-order valence-electron chi connectivity index (χ2n) is 2.72. The standard InChI is InChI=1S/C7H18N2/c1-3-7(9)5-4-6(2)8/h6-7H,3-5,8-9H2,1-2H3. The molecule has 0 spiro atoms. The molecule has 0 aromatic heterocycles. The van der Waals surface area contributed by atoms with Crippen molar-refractivity contribution in [2.75, 3.05) is 0 Å². The summed E-state index contributed by atoms with van der Waals surface area (Å²) >= 11 is 0. The molecule has 2 nitrogen and oxygen atoms in total. The molecule has 0 amide bonds. The summed E-state index contributed by atoms with van der Waals surface area (Å²) in [6.07, 6.45) is 3.18. The summed E-state index contributed by atoms with van der Waals surface area (Å²) in [5.74, 6) is 0. The third-order valence-electron chi connectivity index (χ3n) is 1.52. The molecule has 2 unspecified atom stereocenters. The number of hydrogen-bond donors (Lipinski definition) is 2. The van der Waals surface area contributed by atoms with Crippen molar-refractivity contribution in [1.29, 1.82) is 0 Å². The minimum atomic E-state index is 0.308. The van der Waals surface area contributed by atoms with Crippen LogP contribution in [0.2, 0.25) is 0 Å². The summed E-state index contributed by atoms with van der Waals surface area (Å²) < 4.78 is 0. The fourth-order valence-corrected chi connectivity index (χ4v) is 0.681. The quantitative estimate of drug-likeness (QED) is 0.592. The van der Waals surface area contributed by atoms with Gasteiger partial charge in [-0.3, -0.25) is 0 Å². The number of nitrogens with two attached hydrogens (primary N) is 2. The van der Waals surface area contributed by atoms with Gasteiger partial charge in [-0.1, -0.05) is 6.92 Å². The SMILES string of the molecule is CCC(N)CCC(C)N. The zero-order chi connectivity index (χ0) is 7.28. The first kappa shape index (κ1) is 8.92. The first-order chi connectivity index (χ1) is 4.16. The molecule has 0 rings (SSSR count). The van der Waals surface area contributed by atoms with Crippen LogP contribution in [-0.4, -0.2) is 12.1 Å². The third kappa shape index (κ3) is 5.80. The second kappa shape index (κ2) is 4.77. The van der Waals surface area contributed by atoms with Gasteiger partial charge in [-0.15, -0.1) is 0 Å². The molecule has 4 N–H and O–H groups in total. The Hall–Kier alpha value is -0.0800. The summed E-state index contributed by atoms with van der Waals surface area (Å²) in [6, 6.07) is 0.665. The van der Waals surface area contributed by atoms with Gasteiger partial charge in [0.15, 0.2) is 0 Å². The maximum absolute atomic E-state index is 5.67. The molecule has 0 saturated carbocycles. The maximum atomic E-state index is 5.67. The molecule has 9 heavy (non-hydrogen) atoms. The van der Waals surface area contributed by atoms with Crippen molar-refractivity contribution < 1.29 is 0 Å². The first-order valence-electron chi connectivity index (χ1n) is 3.68. The molecular weight excluding hydrogens is 112 g/mol. The highest BCUT2D eigenvalue weighted by Crippen LogP contribution is 1.99. The third-order valence-corrected chi connectivity index (χ3v) is 1.52. The Balaban J connectivity index is 3.06. The molecule has 0 bridgehead atoms. The predicted octanol–water partition coefficient (Wildman–Crippen LogP) is 0.851. The first-order valence-corrected chi connectivity index (χ1v) is 3.68. The van der Waals surface area contributed by atoms with Crippen molar-refractivity contribution in [3.63, 3.8) is 0 Å².